The number of aliphatic hydroxyl groups excluding tert-OH is 1. The maximum atomic E-state index is 13.6. The van der Waals surface area contributed by atoms with Crippen LogP contribution in [0.5, 0.6) is 0 Å². The van der Waals surface area contributed by atoms with Gasteiger partial charge in [-0.1, -0.05) is 30.3 Å². The van der Waals surface area contributed by atoms with Crippen molar-refractivity contribution in [3.8, 4) is 0 Å². The van der Waals surface area contributed by atoms with Gasteiger partial charge in [0, 0.05) is 40.1 Å². The van der Waals surface area contributed by atoms with Crippen LogP contribution in [0, 0.1) is 5.41 Å². The summed E-state index contributed by atoms with van der Waals surface area (Å²) in [5.41, 5.74) is -2.09. The average Bonchev–Trinajstić information content (AvgIpc) is 3.44. The Morgan fingerprint density at radius 1 is 0.833 bits per heavy atom. The lowest BCUT2D eigenvalue weighted by atomic mass is 9.96. The zero-order valence-electron chi connectivity index (χ0n) is 30.7. The van der Waals surface area contributed by atoms with Gasteiger partial charge in [0.25, 0.3) is 5.56 Å². The maximum Gasteiger partial charge on any atom is 0.339 e. The summed E-state index contributed by atoms with van der Waals surface area (Å²) in [5, 5.41) is 10.7. The van der Waals surface area contributed by atoms with Crippen LogP contribution in [0.2, 0.25) is 0 Å². The van der Waals surface area contributed by atoms with Gasteiger partial charge in [0.05, 0.1) is 12.0 Å². The molecule has 296 valence electrons. The quantitative estimate of drug-likeness (QED) is 0.202. The fourth-order valence-corrected chi connectivity index (χ4v) is 5.79. The van der Waals surface area contributed by atoms with E-state index in [1.54, 1.807) is 51.1 Å². The number of H-pyrrole nitrogens is 1. The van der Waals surface area contributed by atoms with Crippen LogP contribution < -0.4 is 11.2 Å². The first-order valence-electron chi connectivity index (χ1n) is 16.8. The molecule has 1 aromatic carbocycles. The number of esters is 5. The number of nitrogens with one attached hydrogen (secondary N) is 1. The first-order chi connectivity index (χ1) is 25.4. The Bertz CT molecular complexity index is 1770. The second kappa shape index (κ2) is 17.9. The standard InChI is InChI=1S/C35H44N2O17/c1-17(39)48-25-26(49-18(2)40)29(50-19(3)41)32(53-28(25)31(43)47-16-20-11-9-8-10-12-20)51-21(15-38)23-24(46-7)27(54-33(44)35(4,5)6)30(52-23)37-14-13-22(42)36-34(37)45/h8-14,21,23-30,32,38H,15-16H2,1-7H3,(H,36,42,45)/t21-,23+,24+,25-,26-,27+,28-,29-,30+,32-/m0/s1. The molecule has 2 aromatic rings. The Morgan fingerprint density at radius 2 is 1.44 bits per heavy atom. The molecule has 0 saturated carbocycles. The summed E-state index contributed by atoms with van der Waals surface area (Å²) in [7, 11) is 1.24. The van der Waals surface area contributed by atoms with Gasteiger partial charge in [-0.2, -0.15) is 0 Å². The van der Waals surface area contributed by atoms with E-state index in [4.69, 9.17) is 42.6 Å². The Balaban J connectivity index is 1.75. The van der Waals surface area contributed by atoms with Gasteiger partial charge in [0.15, 0.2) is 43.0 Å². The molecule has 0 radical (unpaired) electrons. The van der Waals surface area contributed by atoms with Crippen molar-refractivity contribution >= 4 is 29.8 Å². The van der Waals surface area contributed by atoms with Gasteiger partial charge >= 0.3 is 35.5 Å². The predicted octanol–water partition coefficient (Wildman–Crippen LogP) is 0.0478. The molecule has 0 bridgehead atoms. The third kappa shape index (κ3) is 10.2. The number of hydrogen-bond acceptors (Lipinski definition) is 17. The Morgan fingerprint density at radius 3 is 2.00 bits per heavy atom. The molecule has 0 aliphatic carbocycles. The third-order valence-corrected chi connectivity index (χ3v) is 8.19. The number of methoxy groups -OCH3 is 1. The van der Waals surface area contributed by atoms with Crippen LogP contribution in [0.3, 0.4) is 0 Å². The van der Waals surface area contributed by atoms with Crippen LogP contribution in [0.25, 0.3) is 0 Å². The SMILES string of the molecule is CO[C@H]1[C@@H](OC(=O)C(C)(C)C)[C@H](n2ccc(=O)[nH]c2=O)O[C@@H]1[C@H](CO)O[C@H]1O[C@H](C(=O)OCc2ccccc2)[C@@H](OC(C)=O)[C@H](OC(C)=O)[C@@H]1OC(C)=O. The van der Waals surface area contributed by atoms with E-state index in [1.807, 2.05) is 0 Å². The van der Waals surface area contributed by atoms with E-state index < -0.39 is 114 Å². The van der Waals surface area contributed by atoms with E-state index >= 15 is 0 Å². The molecular weight excluding hydrogens is 720 g/mol. The number of aromatic amines is 1. The zero-order chi connectivity index (χ0) is 39.9. The van der Waals surface area contributed by atoms with E-state index in [1.165, 1.54) is 7.11 Å². The zero-order valence-corrected chi connectivity index (χ0v) is 30.7. The lowest BCUT2D eigenvalue weighted by Crippen LogP contribution is -2.65. The van der Waals surface area contributed by atoms with Gasteiger partial charge in [-0.25, -0.2) is 9.59 Å². The molecule has 2 saturated heterocycles. The highest BCUT2D eigenvalue weighted by Crippen LogP contribution is 2.38. The van der Waals surface area contributed by atoms with Crippen LogP contribution >= 0.6 is 0 Å². The highest BCUT2D eigenvalue weighted by atomic mass is 16.8. The van der Waals surface area contributed by atoms with Crippen LogP contribution in [-0.4, -0.2) is 113 Å². The molecule has 19 heteroatoms. The minimum Gasteiger partial charge on any atom is -0.459 e. The highest BCUT2D eigenvalue weighted by molar-refractivity contribution is 5.77. The fourth-order valence-electron chi connectivity index (χ4n) is 5.79. The summed E-state index contributed by atoms with van der Waals surface area (Å²) in [4.78, 5) is 90.7. The number of carbonyl (C=O) groups is 5. The minimum absolute atomic E-state index is 0.242. The van der Waals surface area contributed by atoms with Crippen LogP contribution in [0.4, 0.5) is 0 Å². The Kier molecular flexibility index (Phi) is 13.9. The minimum atomic E-state index is -1.87. The number of rotatable bonds is 13. The monoisotopic (exact) mass is 764 g/mol. The molecular formula is C35H44N2O17. The van der Waals surface area contributed by atoms with Crippen LogP contribution in [0.15, 0.2) is 52.2 Å². The van der Waals surface area contributed by atoms with Crippen molar-refractivity contribution in [2.45, 2.75) is 109 Å². The van der Waals surface area contributed by atoms with Crippen molar-refractivity contribution in [3.63, 3.8) is 0 Å². The second-order valence-electron chi connectivity index (χ2n) is 13.4. The number of ether oxygens (including phenoxy) is 9. The highest BCUT2D eigenvalue weighted by Gasteiger charge is 2.58. The van der Waals surface area contributed by atoms with Gasteiger partial charge < -0.3 is 47.7 Å². The molecule has 2 fully saturated rings. The smallest absolute Gasteiger partial charge is 0.339 e. The van der Waals surface area contributed by atoms with E-state index in [0.29, 0.717) is 5.56 Å². The first-order valence-corrected chi connectivity index (χ1v) is 16.8. The van der Waals surface area contributed by atoms with Crippen molar-refractivity contribution in [1.82, 2.24) is 9.55 Å². The van der Waals surface area contributed by atoms with Gasteiger partial charge in [-0.15, -0.1) is 0 Å². The summed E-state index contributed by atoms with van der Waals surface area (Å²) in [6.45, 7) is 6.70. The van der Waals surface area contributed by atoms with Crippen molar-refractivity contribution in [3.05, 3.63) is 69.0 Å². The van der Waals surface area contributed by atoms with Crippen molar-refractivity contribution in [1.29, 1.82) is 0 Å². The third-order valence-electron chi connectivity index (χ3n) is 8.19. The molecule has 2 N–H and O–H groups in total. The first kappa shape index (κ1) is 41.8. The lowest BCUT2D eigenvalue weighted by molar-refractivity contribution is -0.320. The number of aromatic nitrogens is 2. The average molecular weight is 765 g/mol. The van der Waals surface area contributed by atoms with Crippen molar-refractivity contribution in [2.24, 2.45) is 5.41 Å². The Labute approximate surface area is 308 Å². The maximum absolute atomic E-state index is 13.6. The molecule has 0 unspecified atom stereocenters. The van der Waals surface area contributed by atoms with Crippen LogP contribution in [-0.2, 0) is 73.2 Å². The van der Waals surface area contributed by atoms with Gasteiger partial charge in [-0.05, 0) is 26.3 Å². The molecule has 0 amide bonds. The van der Waals surface area contributed by atoms with E-state index in [2.05, 4.69) is 4.98 Å². The second-order valence-corrected chi connectivity index (χ2v) is 13.4. The number of aliphatic hydroxyl groups is 1. The topological polar surface area (TPSA) is 244 Å². The molecule has 2 aliphatic rings. The normalized spacial score (nSPS) is 27.3. The molecule has 3 heterocycles. The molecule has 19 nitrogen and oxygen atoms in total. The number of carbonyl (C=O) groups excluding carboxylic acids is 5. The summed E-state index contributed by atoms with van der Waals surface area (Å²) >= 11 is 0. The summed E-state index contributed by atoms with van der Waals surface area (Å²) in [6.07, 6.45) is -14.9. The van der Waals surface area contributed by atoms with Gasteiger partial charge in [0.1, 0.15) is 24.9 Å². The molecule has 10 atom stereocenters. The number of hydrogen-bond donors (Lipinski definition) is 2. The van der Waals surface area contributed by atoms with Gasteiger partial charge in [0.2, 0.25) is 0 Å². The van der Waals surface area contributed by atoms with Crippen molar-refractivity contribution < 1.29 is 71.7 Å². The van der Waals surface area contributed by atoms with E-state index in [9.17, 15) is 38.7 Å². The predicted molar refractivity (Wildman–Crippen MR) is 179 cm³/mol. The number of benzene rings is 1. The van der Waals surface area contributed by atoms with E-state index in [-0.39, 0.29) is 6.61 Å². The summed E-state index contributed by atoms with van der Waals surface area (Å²) in [6, 6.07) is 9.59. The molecule has 1 aromatic heterocycles. The molecule has 0 spiro atoms. The number of nitrogens with zero attached hydrogens (tertiary/aromatic N) is 1. The van der Waals surface area contributed by atoms with E-state index in [0.717, 1.165) is 37.6 Å². The summed E-state index contributed by atoms with van der Waals surface area (Å²) < 4.78 is 52.5. The largest absolute Gasteiger partial charge is 0.459 e. The fraction of sp³-hybridized carbons (Fsp3) is 0.571. The molecule has 4 rings (SSSR count). The summed E-state index contributed by atoms with van der Waals surface area (Å²) in [5.74, 6) is -4.58. The van der Waals surface area contributed by atoms with Gasteiger partial charge in [-0.3, -0.25) is 33.5 Å². The Hall–Kier alpha value is -4.95. The lowest BCUT2D eigenvalue weighted by Gasteiger charge is -2.44. The van der Waals surface area contributed by atoms with Crippen molar-refractivity contribution in [2.75, 3.05) is 13.7 Å². The molecule has 2 aliphatic heterocycles. The van der Waals surface area contributed by atoms with Crippen LogP contribution in [0.1, 0.15) is 53.3 Å². The molecule has 54 heavy (non-hydrogen) atoms.